The number of likely N-dealkylation sites (N-methyl/N-ethyl adjacent to an activating group) is 1. The Morgan fingerprint density at radius 1 is 1.42 bits per heavy atom. The van der Waals surface area contributed by atoms with Crippen LogP contribution in [0.25, 0.3) is 10.2 Å². The molecule has 0 fully saturated rings. The van der Waals surface area contributed by atoms with Crippen molar-refractivity contribution < 1.29 is 9.90 Å². The van der Waals surface area contributed by atoms with Crippen molar-refractivity contribution in [3.63, 3.8) is 0 Å². The molecule has 0 bridgehead atoms. The van der Waals surface area contributed by atoms with Crippen LogP contribution in [0.5, 0.6) is 0 Å². The van der Waals surface area contributed by atoms with Gasteiger partial charge in [-0.05, 0) is 55.4 Å². The summed E-state index contributed by atoms with van der Waals surface area (Å²) in [6.07, 6.45) is 6.64. The number of nitrogens with one attached hydrogen (secondary N) is 3. The van der Waals surface area contributed by atoms with Crippen LogP contribution in [-0.4, -0.2) is 46.9 Å². The molecule has 4 rings (SSSR count). The molecule has 3 aromatic rings. The first-order valence-corrected chi connectivity index (χ1v) is 11.7. The third kappa shape index (κ3) is 5.84. The second kappa shape index (κ2) is 11.2. The summed E-state index contributed by atoms with van der Waals surface area (Å²) in [5.41, 5.74) is 14.7. The van der Waals surface area contributed by atoms with Gasteiger partial charge < -0.3 is 32.6 Å². The number of rotatable bonds is 6. The largest absolute Gasteiger partial charge is 0.398 e. The first-order chi connectivity index (χ1) is 15.9. The van der Waals surface area contributed by atoms with E-state index in [4.69, 9.17) is 22.0 Å². The summed E-state index contributed by atoms with van der Waals surface area (Å²) in [6.45, 7) is 2.26. The van der Waals surface area contributed by atoms with E-state index in [0.717, 1.165) is 40.5 Å². The Kier molecular flexibility index (Phi) is 8.32. The molecule has 176 valence electrons. The maximum Gasteiger partial charge on any atom is 0.236 e. The first kappa shape index (κ1) is 24.6. The Hall–Kier alpha value is -3.08. The van der Waals surface area contributed by atoms with E-state index in [1.807, 2.05) is 18.2 Å². The molecule has 1 aromatic carbocycles. The number of hydrogen-bond acceptors (Lipinski definition) is 9. The van der Waals surface area contributed by atoms with Gasteiger partial charge in [0.15, 0.2) is 0 Å². The highest BCUT2D eigenvalue weighted by Gasteiger charge is 2.23. The van der Waals surface area contributed by atoms with Gasteiger partial charge in [-0.15, -0.1) is 11.3 Å². The number of aryl methyl sites for hydroxylation is 1. The number of hydrogen-bond donors (Lipinski definition) is 6. The highest BCUT2D eigenvalue weighted by molar-refractivity contribution is 7.19. The van der Waals surface area contributed by atoms with Crippen molar-refractivity contribution in [2.24, 2.45) is 11.7 Å². The quantitative estimate of drug-likeness (QED) is 0.239. The molecular weight excluding hydrogens is 438 g/mol. The van der Waals surface area contributed by atoms with Gasteiger partial charge in [0, 0.05) is 41.7 Å². The predicted octanol–water partition coefficient (Wildman–Crippen LogP) is 2.58. The SMILES string of the molecule is CC1CCc2c(sc3ncnc(Nc4ccc(N)c(C=N)c4)c23)C1.CNC(=O)C(N)CCO. The normalized spacial score (nSPS) is 15.7. The highest BCUT2D eigenvalue weighted by Crippen LogP contribution is 2.40. The molecule has 9 nitrogen and oxygen atoms in total. The van der Waals surface area contributed by atoms with Crippen LogP contribution in [0, 0.1) is 11.3 Å². The summed E-state index contributed by atoms with van der Waals surface area (Å²) in [5, 5.41) is 22.7. The number of carbonyl (C=O) groups is 1. The Morgan fingerprint density at radius 2 is 2.21 bits per heavy atom. The van der Waals surface area contributed by atoms with Gasteiger partial charge in [-0.1, -0.05) is 6.92 Å². The molecule has 2 heterocycles. The van der Waals surface area contributed by atoms with Gasteiger partial charge in [-0.3, -0.25) is 4.79 Å². The Labute approximate surface area is 197 Å². The lowest BCUT2D eigenvalue weighted by Gasteiger charge is -2.18. The van der Waals surface area contributed by atoms with Gasteiger partial charge in [-0.25, -0.2) is 9.97 Å². The molecule has 1 amide bonds. The number of nitrogens with zero attached hydrogens (tertiary/aromatic N) is 2. The summed E-state index contributed by atoms with van der Waals surface area (Å²) in [5.74, 6) is 1.35. The van der Waals surface area contributed by atoms with E-state index in [-0.39, 0.29) is 12.5 Å². The number of thiophene rings is 1. The molecule has 1 aliphatic carbocycles. The van der Waals surface area contributed by atoms with Crippen molar-refractivity contribution in [3.8, 4) is 0 Å². The van der Waals surface area contributed by atoms with Crippen molar-refractivity contribution in [1.82, 2.24) is 15.3 Å². The minimum absolute atomic E-state index is 0.0470. The maximum absolute atomic E-state index is 10.6. The zero-order chi connectivity index (χ0) is 24.0. The minimum Gasteiger partial charge on any atom is -0.398 e. The summed E-state index contributed by atoms with van der Waals surface area (Å²) in [7, 11) is 1.51. The highest BCUT2D eigenvalue weighted by atomic mass is 32.1. The van der Waals surface area contributed by atoms with Crippen LogP contribution in [-0.2, 0) is 17.6 Å². The van der Waals surface area contributed by atoms with Crippen molar-refractivity contribution in [2.45, 2.75) is 38.6 Å². The van der Waals surface area contributed by atoms with Gasteiger partial charge >= 0.3 is 0 Å². The zero-order valence-electron chi connectivity index (χ0n) is 18.9. The second-order valence-electron chi connectivity index (χ2n) is 8.10. The van der Waals surface area contributed by atoms with E-state index in [1.54, 1.807) is 17.7 Å². The fraction of sp³-hybridized carbons (Fsp3) is 0.391. The van der Waals surface area contributed by atoms with Crippen LogP contribution in [0.3, 0.4) is 0 Å². The van der Waals surface area contributed by atoms with E-state index in [9.17, 15) is 4.79 Å². The average Bonchev–Trinajstić information content (AvgIpc) is 3.18. The average molecular weight is 470 g/mol. The number of amides is 1. The van der Waals surface area contributed by atoms with Crippen LogP contribution in [0.2, 0.25) is 0 Å². The third-order valence-electron chi connectivity index (χ3n) is 5.62. The fourth-order valence-electron chi connectivity index (χ4n) is 3.74. The molecule has 8 N–H and O–H groups in total. The molecule has 0 saturated carbocycles. The predicted molar refractivity (Wildman–Crippen MR) is 134 cm³/mol. The number of benzene rings is 1. The number of nitrogen functional groups attached to an aromatic ring is 1. The van der Waals surface area contributed by atoms with Crippen molar-refractivity contribution in [3.05, 3.63) is 40.5 Å². The molecule has 0 aliphatic heterocycles. The number of nitrogens with two attached hydrogens (primary N) is 2. The van der Waals surface area contributed by atoms with Gasteiger partial charge in [0.25, 0.3) is 0 Å². The van der Waals surface area contributed by atoms with Gasteiger partial charge in [0.2, 0.25) is 5.91 Å². The van der Waals surface area contributed by atoms with E-state index in [0.29, 0.717) is 17.7 Å². The summed E-state index contributed by atoms with van der Waals surface area (Å²) >= 11 is 1.79. The number of aromatic nitrogens is 2. The number of aliphatic hydroxyl groups excluding tert-OH is 1. The monoisotopic (exact) mass is 469 g/mol. The van der Waals surface area contributed by atoms with Crippen LogP contribution in [0.4, 0.5) is 17.2 Å². The van der Waals surface area contributed by atoms with Crippen molar-refractivity contribution in [2.75, 3.05) is 24.7 Å². The van der Waals surface area contributed by atoms with Gasteiger partial charge in [0.05, 0.1) is 11.4 Å². The molecule has 2 atom stereocenters. The maximum atomic E-state index is 10.6. The topological polar surface area (TPSA) is 163 Å². The van der Waals surface area contributed by atoms with E-state index < -0.39 is 6.04 Å². The zero-order valence-corrected chi connectivity index (χ0v) is 19.7. The van der Waals surface area contributed by atoms with Gasteiger partial charge in [0.1, 0.15) is 17.0 Å². The molecular formula is C23H31N7O2S. The van der Waals surface area contributed by atoms with Crippen LogP contribution >= 0.6 is 11.3 Å². The summed E-state index contributed by atoms with van der Waals surface area (Å²) in [4.78, 5) is 22.0. The standard InChI is InChI=1S/C18H19N5S.C5H12N2O2/c1-10-2-4-13-15(6-10)24-18-16(13)17(21-9-22-18)23-12-3-5-14(20)11(7-12)8-19;1-7-5(9)4(6)2-3-8/h3,5,7-10,19H,2,4,6,20H2,1H3,(H,21,22,23);4,8H,2-3,6H2,1H3,(H,7,9). The number of anilines is 3. The van der Waals surface area contributed by atoms with Gasteiger partial charge in [-0.2, -0.15) is 0 Å². The lowest BCUT2D eigenvalue weighted by Crippen LogP contribution is -2.39. The van der Waals surface area contributed by atoms with E-state index in [2.05, 4.69) is 27.5 Å². The van der Waals surface area contributed by atoms with Crippen molar-refractivity contribution >= 4 is 50.9 Å². The molecule has 0 radical (unpaired) electrons. The molecule has 0 spiro atoms. The minimum atomic E-state index is -0.569. The smallest absolute Gasteiger partial charge is 0.236 e. The molecule has 2 unspecified atom stereocenters. The first-order valence-electron chi connectivity index (χ1n) is 10.9. The molecule has 0 saturated heterocycles. The summed E-state index contributed by atoms with van der Waals surface area (Å²) in [6, 6.07) is 5.03. The molecule has 2 aromatic heterocycles. The molecule has 1 aliphatic rings. The third-order valence-corrected chi connectivity index (χ3v) is 6.78. The van der Waals surface area contributed by atoms with E-state index >= 15 is 0 Å². The van der Waals surface area contributed by atoms with Crippen LogP contribution in [0.1, 0.15) is 35.8 Å². The fourth-order valence-corrected chi connectivity index (χ4v) is 5.09. The van der Waals surface area contributed by atoms with Crippen molar-refractivity contribution in [1.29, 1.82) is 5.41 Å². The lowest BCUT2D eigenvalue weighted by atomic mass is 9.89. The Bertz CT molecular complexity index is 1130. The summed E-state index contributed by atoms with van der Waals surface area (Å²) < 4.78 is 0. The lowest BCUT2D eigenvalue weighted by molar-refractivity contribution is -0.122. The molecule has 10 heteroatoms. The molecule has 33 heavy (non-hydrogen) atoms. The Balaban J connectivity index is 0.000000292. The second-order valence-corrected chi connectivity index (χ2v) is 9.18. The Morgan fingerprint density at radius 3 is 2.91 bits per heavy atom. The number of fused-ring (bicyclic) bond motifs is 3. The van der Waals surface area contributed by atoms with E-state index in [1.165, 1.54) is 30.1 Å². The number of aliphatic hydroxyl groups is 1. The number of carbonyl (C=O) groups excluding carboxylic acids is 1. The van der Waals surface area contributed by atoms with Crippen LogP contribution < -0.4 is 22.1 Å². The van der Waals surface area contributed by atoms with Crippen LogP contribution in [0.15, 0.2) is 24.5 Å².